The number of para-hydroxylation sites is 1. The monoisotopic (exact) mass is 457 g/mol. The van der Waals surface area contributed by atoms with E-state index >= 15 is 0 Å². The maximum atomic E-state index is 15.0. The molecule has 2 N–H and O–H groups in total. The molecule has 0 saturated carbocycles. The summed E-state index contributed by atoms with van der Waals surface area (Å²) >= 11 is -1.30. The first-order valence-corrected chi connectivity index (χ1v) is 10.9. The Kier molecular flexibility index (Phi) is 7.22. The molecule has 166 valence electrons. The van der Waals surface area contributed by atoms with Gasteiger partial charge in [0.15, 0.2) is 10.7 Å². The van der Waals surface area contributed by atoms with Crippen molar-refractivity contribution >= 4 is 34.8 Å². The summed E-state index contributed by atoms with van der Waals surface area (Å²) in [7, 11) is 0. The van der Waals surface area contributed by atoms with Gasteiger partial charge in [-0.1, -0.05) is 18.2 Å². The maximum absolute atomic E-state index is 15.0. The standard InChI is InChI=1S/C23H21F2N3O3S/c1-13(2)32(31)20-10-5-4-8-18(20)27-14(3)15-11-17(25)22(28-23(15)26-12-29)21-16(24)7-6-9-19(21)30/h4-13,30H,1-3H3,(H,26,28,29)/b27-14-. The minimum atomic E-state index is -1.30. The highest BCUT2D eigenvalue weighted by Crippen LogP contribution is 2.35. The van der Waals surface area contributed by atoms with Crippen LogP contribution in [0.2, 0.25) is 0 Å². The van der Waals surface area contributed by atoms with E-state index in [1.54, 1.807) is 31.2 Å². The van der Waals surface area contributed by atoms with Crippen molar-refractivity contribution in [2.24, 2.45) is 4.99 Å². The van der Waals surface area contributed by atoms with E-state index in [4.69, 9.17) is 0 Å². The first-order chi connectivity index (χ1) is 15.2. The van der Waals surface area contributed by atoms with Crippen LogP contribution in [-0.2, 0) is 16.0 Å². The number of phenolic OH excluding ortho intramolecular Hbond substituents is 1. The third-order valence-corrected chi connectivity index (χ3v) is 6.22. The van der Waals surface area contributed by atoms with Crippen molar-refractivity contribution in [2.45, 2.75) is 30.9 Å². The van der Waals surface area contributed by atoms with Crippen LogP contribution in [0.3, 0.4) is 0 Å². The molecule has 0 aliphatic heterocycles. The van der Waals surface area contributed by atoms with E-state index < -0.39 is 39.8 Å². The maximum Gasteiger partial charge on any atom is 0.212 e. The van der Waals surface area contributed by atoms with Crippen LogP contribution in [0.1, 0.15) is 26.3 Å². The van der Waals surface area contributed by atoms with Crippen LogP contribution in [0.15, 0.2) is 58.4 Å². The summed E-state index contributed by atoms with van der Waals surface area (Å²) in [5.74, 6) is -2.33. The fourth-order valence-electron chi connectivity index (χ4n) is 3.07. The minimum Gasteiger partial charge on any atom is -0.611 e. The molecule has 32 heavy (non-hydrogen) atoms. The number of halogens is 2. The Morgan fingerprint density at radius 1 is 1.19 bits per heavy atom. The first kappa shape index (κ1) is 23.4. The van der Waals surface area contributed by atoms with Crippen molar-refractivity contribution in [3.8, 4) is 17.0 Å². The summed E-state index contributed by atoms with van der Waals surface area (Å²) in [6.45, 7) is 5.24. The van der Waals surface area contributed by atoms with E-state index in [0.717, 1.165) is 12.1 Å². The largest absolute Gasteiger partial charge is 0.611 e. The summed E-state index contributed by atoms with van der Waals surface area (Å²) in [4.78, 5) is 20.2. The second-order valence-electron chi connectivity index (χ2n) is 7.12. The minimum absolute atomic E-state index is 0.0669. The molecular formula is C23H21F2N3O3S. The Balaban J connectivity index is 2.15. The van der Waals surface area contributed by atoms with Crippen LogP contribution >= 0.6 is 0 Å². The predicted molar refractivity (Wildman–Crippen MR) is 121 cm³/mol. The van der Waals surface area contributed by atoms with Crippen LogP contribution < -0.4 is 5.32 Å². The quantitative estimate of drug-likeness (QED) is 0.298. The molecule has 0 bridgehead atoms. The van der Waals surface area contributed by atoms with Crippen molar-refractivity contribution in [3.05, 3.63) is 65.7 Å². The number of phenols is 1. The number of hydrogen-bond donors (Lipinski definition) is 2. The molecule has 1 aromatic heterocycles. The molecule has 1 heterocycles. The van der Waals surface area contributed by atoms with Gasteiger partial charge >= 0.3 is 0 Å². The SMILES string of the molecule is C/C(=N/c1ccccc1[S+]([O-])C(C)C)c1cc(F)c(-c2c(O)cccc2F)nc1NC=O. The number of aromatic nitrogens is 1. The zero-order valence-electron chi connectivity index (χ0n) is 17.6. The van der Waals surface area contributed by atoms with E-state index in [2.05, 4.69) is 15.3 Å². The highest BCUT2D eigenvalue weighted by molar-refractivity contribution is 7.92. The fourth-order valence-corrected chi connectivity index (χ4v) is 4.11. The zero-order valence-corrected chi connectivity index (χ0v) is 18.4. The first-order valence-electron chi connectivity index (χ1n) is 9.68. The number of pyridine rings is 1. The van der Waals surface area contributed by atoms with Crippen LogP contribution in [0.4, 0.5) is 20.3 Å². The molecule has 0 fully saturated rings. The van der Waals surface area contributed by atoms with Gasteiger partial charge in [0.2, 0.25) is 6.41 Å². The van der Waals surface area contributed by atoms with Gasteiger partial charge in [0.25, 0.3) is 0 Å². The topological polar surface area (TPSA) is 97.6 Å². The Bertz CT molecular complexity index is 1160. The van der Waals surface area contributed by atoms with Crippen LogP contribution in [0.5, 0.6) is 5.75 Å². The smallest absolute Gasteiger partial charge is 0.212 e. The third kappa shape index (κ3) is 4.79. The number of nitrogens with one attached hydrogen (secondary N) is 1. The van der Waals surface area contributed by atoms with Gasteiger partial charge in [0.1, 0.15) is 34.0 Å². The summed E-state index contributed by atoms with van der Waals surface area (Å²) in [6, 6.07) is 11.5. The fraction of sp³-hybridized carbons (Fsp3) is 0.174. The van der Waals surface area contributed by atoms with Gasteiger partial charge in [-0.25, -0.2) is 18.8 Å². The van der Waals surface area contributed by atoms with Crippen molar-refractivity contribution in [1.82, 2.24) is 4.98 Å². The molecular weight excluding hydrogens is 436 g/mol. The molecule has 0 aliphatic rings. The zero-order chi connectivity index (χ0) is 23.4. The van der Waals surface area contributed by atoms with E-state index in [9.17, 15) is 23.2 Å². The van der Waals surface area contributed by atoms with Gasteiger partial charge < -0.3 is 15.0 Å². The number of aromatic hydroxyl groups is 1. The van der Waals surface area contributed by atoms with Gasteiger partial charge in [-0.3, -0.25) is 4.79 Å². The lowest BCUT2D eigenvalue weighted by Gasteiger charge is -2.16. The second-order valence-corrected chi connectivity index (χ2v) is 9.10. The normalized spacial score (nSPS) is 12.7. The van der Waals surface area contributed by atoms with E-state index in [1.807, 2.05) is 13.8 Å². The van der Waals surface area contributed by atoms with Crippen LogP contribution in [0.25, 0.3) is 11.3 Å². The van der Waals surface area contributed by atoms with Crippen molar-refractivity contribution < 1.29 is 23.2 Å². The second kappa shape index (κ2) is 9.88. The van der Waals surface area contributed by atoms with Crippen LogP contribution in [0, 0.1) is 11.6 Å². The molecule has 6 nitrogen and oxygen atoms in total. The Morgan fingerprint density at radius 2 is 1.91 bits per heavy atom. The number of carbonyl (C=O) groups is 1. The number of benzene rings is 2. The number of anilines is 1. The van der Waals surface area contributed by atoms with Crippen LogP contribution in [-0.4, -0.2) is 32.0 Å². The summed E-state index contributed by atoms with van der Waals surface area (Å²) < 4.78 is 41.8. The molecule has 2 aromatic carbocycles. The Morgan fingerprint density at radius 3 is 2.56 bits per heavy atom. The molecule has 3 aromatic rings. The number of hydrogen-bond acceptors (Lipinski definition) is 5. The van der Waals surface area contributed by atoms with Crippen molar-refractivity contribution in [2.75, 3.05) is 5.32 Å². The van der Waals surface area contributed by atoms with Gasteiger partial charge in [0.05, 0.1) is 5.56 Å². The van der Waals surface area contributed by atoms with E-state index in [1.165, 1.54) is 12.1 Å². The number of amides is 1. The number of nitrogens with zero attached hydrogens (tertiary/aromatic N) is 2. The number of rotatable bonds is 7. The highest BCUT2D eigenvalue weighted by Gasteiger charge is 2.22. The Hall–Kier alpha value is -3.30. The molecule has 1 unspecified atom stereocenters. The van der Waals surface area contributed by atoms with Gasteiger partial charge in [-0.15, -0.1) is 0 Å². The molecule has 1 atom stereocenters. The molecule has 0 spiro atoms. The van der Waals surface area contributed by atoms with Gasteiger partial charge in [0, 0.05) is 11.3 Å². The predicted octanol–water partition coefficient (Wildman–Crippen LogP) is 4.96. The lowest BCUT2D eigenvalue weighted by atomic mass is 10.1. The molecule has 0 saturated heterocycles. The molecule has 1 amide bonds. The van der Waals surface area contributed by atoms with E-state index in [-0.39, 0.29) is 16.6 Å². The molecule has 3 rings (SSSR count). The summed E-state index contributed by atoms with van der Waals surface area (Å²) in [5.41, 5.74) is 0.00321. The lowest BCUT2D eigenvalue weighted by Crippen LogP contribution is -2.14. The van der Waals surface area contributed by atoms with Crippen molar-refractivity contribution in [3.63, 3.8) is 0 Å². The molecule has 0 aliphatic carbocycles. The lowest BCUT2D eigenvalue weighted by molar-refractivity contribution is -0.105. The number of aliphatic imine (C=N–C) groups is 1. The average Bonchev–Trinajstić information content (AvgIpc) is 2.75. The van der Waals surface area contributed by atoms with Crippen molar-refractivity contribution in [1.29, 1.82) is 0 Å². The summed E-state index contributed by atoms with van der Waals surface area (Å²) in [6.07, 6.45) is 0.351. The average molecular weight is 458 g/mol. The Labute approximate surface area is 187 Å². The highest BCUT2D eigenvalue weighted by atomic mass is 32.2. The summed E-state index contributed by atoms with van der Waals surface area (Å²) in [5, 5.41) is 12.2. The van der Waals surface area contributed by atoms with E-state index in [0.29, 0.717) is 22.7 Å². The molecule has 9 heteroatoms. The van der Waals surface area contributed by atoms with Gasteiger partial charge in [-0.05, 0) is 62.3 Å². The van der Waals surface area contributed by atoms with Gasteiger partial charge in [-0.2, -0.15) is 0 Å². The molecule has 0 radical (unpaired) electrons. The number of carbonyl (C=O) groups excluding carboxylic acids is 1. The third-order valence-electron chi connectivity index (χ3n) is 4.59.